The maximum atomic E-state index is 12.9. The van der Waals surface area contributed by atoms with Gasteiger partial charge in [0.15, 0.2) is 0 Å². The van der Waals surface area contributed by atoms with Crippen molar-refractivity contribution in [3.8, 4) is 0 Å². The maximum Gasteiger partial charge on any atom is 0.338 e. The molecule has 0 aromatic heterocycles. The molecule has 0 saturated heterocycles. The molecule has 9 heteroatoms. The lowest BCUT2D eigenvalue weighted by atomic mass is 10.1. The number of anilines is 1. The summed E-state index contributed by atoms with van der Waals surface area (Å²) in [5.41, 5.74) is 0.636. The van der Waals surface area contributed by atoms with Crippen molar-refractivity contribution in [2.75, 3.05) is 24.6 Å². The van der Waals surface area contributed by atoms with E-state index in [1.54, 1.807) is 19.1 Å². The molecule has 1 heterocycles. The fourth-order valence-electron chi connectivity index (χ4n) is 3.08. The number of amides is 3. The molecule has 3 rings (SSSR count). The van der Waals surface area contributed by atoms with Gasteiger partial charge in [-0.25, -0.2) is 4.79 Å². The first-order valence-electron chi connectivity index (χ1n) is 9.08. The third-order valence-electron chi connectivity index (χ3n) is 4.43. The van der Waals surface area contributed by atoms with E-state index in [1.807, 2.05) is 0 Å². The van der Waals surface area contributed by atoms with Crippen LogP contribution in [0, 0.1) is 0 Å². The molecule has 0 spiro atoms. The molecule has 0 fully saturated rings. The van der Waals surface area contributed by atoms with Gasteiger partial charge in [0.05, 0.1) is 23.3 Å². The van der Waals surface area contributed by atoms with E-state index in [0.717, 1.165) is 9.80 Å². The summed E-state index contributed by atoms with van der Waals surface area (Å²) in [6.45, 7) is 0.447. The largest absolute Gasteiger partial charge is 0.480 e. The molecule has 1 aliphatic rings. The van der Waals surface area contributed by atoms with Crippen molar-refractivity contribution < 1.29 is 33.8 Å². The first-order chi connectivity index (χ1) is 14.3. The van der Waals surface area contributed by atoms with Crippen LogP contribution in [0.3, 0.4) is 0 Å². The zero-order valence-electron chi connectivity index (χ0n) is 16.0. The third-order valence-corrected chi connectivity index (χ3v) is 4.43. The molecule has 0 unspecified atom stereocenters. The molecule has 3 amide bonds. The number of carbonyl (C=O) groups is 5. The predicted molar refractivity (Wildman–Crippen MR) is 104 cm³/mol. The van der Waals surface area contributed by atoms with E-state index in [0.29, 0.717) is 0 Å². The number of nitrogens with zero attached hydrogens (tertiary/aromatic N) is 2. The molecule has 0 aliphatic carbocycles. The molecule has 0 saturated carbocycles. The number of carboxylic acids is 1. The van der Waals surface area contributed by atoms with Gasteiger partial charge in [0.1, 0.15) is 13.1 Å². The molecule has 1 N–H and O–H groups in total. The van der Waals surface area contributed by atoms with E-state index in [4.69, 9.17) is 4.74 Å². The van der Waals surface area contributed by atoms with Crippen LogP contribution in [-0.4, -0.2) is 59.4 Å². The molecular formula is C21H18N2O7. The van der Waals surface area contributed by atoms with E-state index in [-0.39, 0.29) is 29.0 Å². The van der Waals surface area contributed by atoms with Crippen molar-refractivity contribution in [1.29, 1.82) is 0 Å². The van der Waals surface area contributed by atoms with E-state index >= 15 is 0 Å². The molecule has 0 bridgehead atoms. The van der Waals surface area contributed by atoms with Crippen LogP contribution in [0.4, 0.5) is 5.69 Å². The third kappa shape index (κ3) is 4.04. The van der Waals surface area contributed by atoms with Gasteiger partial charge >= 0.3 is 11.9 Å². The molecular weight excluding hydrogens is 392 g/mol. The number of esters is 1. The first-order valence-corrected chi connectivity index (χ1v) is 9.08. The van der Waals surface area contributed by atoms with Crippen LogP contribution in [0.2, 0.25) is 0 Å². The quantitative estimate of drug-likeness (QED) is 0.543. The second-order valence-corrected chi connectivity index (χ2v) is 6.39. The van der Waals surface area contributed by atoms with Gasteiger partial charge < -0.3 is 9.84 Å². The SMILES string of the molecule is CCOC(=O)c1cccc(N(CC(=O)O)C(=O)CN2C(=O)c3ccccc3C2=O)c1. The summed E-state index contributed by atoms with van der Waals surface area (Å²) in [7, 11) is 0. The number of imide groups is 1. The van der Waals surface area contributed by atoms with Gasteiger partial charge in [0, 0.05) is 5.69 Å². The number of aliphatic carboxylic acids is 1. The molecule has 9 nitrogen and oxygen atoms in total. The van der Waals surface area contributed by atoms with Crippen molar-refractivity contribution in [3.63, 3.8) is 0 Å². The second kappa shape index (κ2) is 8.56. The molecule has 0 radical (unpaired) electrons. The standard InChI is InChI=1S/C21H18N2O7/c1-2-30-21(29)13-6-5-7-14(10-13)22(12-18(25)26)17(24)11-23-19(27)15-8-3-4-9-16(15)20(23)28/h3-10H,2,11-12H2,1H3,(H,25,26). The van der Waals surface area contributed by atoms with Crippen molar-refractivity contribution in [1.82, 2.24) is 4.90 Å². The zero-order valence-corrected chi connectivity index (χ0v) is 16.0. The van der Waals surface area contributed by atoms with Gasteiger partial charge in [0.2, 0.25) is 5.91 Å². The first kappa shape index (κ1) is 20.7. The highest BCUT2D eigenvalue weighted by molar-refractivity contribution is 6.22. The number of ether oxygens (including phenoxy) is 1. The number of rotatable bonds is 7. The van der Waals surface area contributed by atoms with Crippen LogP contribution in [0.25, 0.3) is 0 Å². The molecule has 2 aromatic carbocycles. The number of fused-ring (bicyclic) bond motifs is 1. The van der Waals surface area contributed by atoms with E-state index in [2.05, 4.69) is 0 Å². The fraction of sp³-hybridized carbons (Fsp3) is 0.190. The highest BCUT2D eigenvalue weighted by atomic mass is 16.5. The molecule has 154 valence electrons. The zero-order chi connectivity index (χ0) is 21.8. The normalized spacial score (nSPS) is 12.5. The Morgan fingerprint density at radius 1 is 1.00 bits per heavy atom. The Morgan fingerprint density at radius 2 is 1.63 bits per heavy atom. The molecule has 0 atom stereocenters. The minimum Gasteiger partial charge on any atom is -0.480 e. The number of hydrogen-bond donors (Lipinski definition) is 1. The maximum absolute atomic E-state index is 12.9. The Bertz CT molecular complexity index is 1010. The topological polar surface area (TPSA) is 121 Å². The second-order valence-electron chi connectivity index (χ2n) is 6.39. The summed E-state index contributed by atoms with van der Waals surface area (Å²) < 4.78 is 4.92. The van der Waals surface area contributed by atoms with Gasteiger partial charge in [-0.05, 0) is 37.3 Å². The number of carboxylic acid groups (broad SMARTS) is 1. The lowest BCUT2D eigenvalue weighted by Gasteiger charge is -2.23. The highest BCUT2D eigenvalue weighted by Crippen LogP contribution is 2.23. The Balaban J connectivity index is 1.86. The van der Waals surface area contributed by atoms with Crippen LogP contribution in [-0.2, 0) is 14.3 Å². The van der Waals surface area contributed by atoms with E-state index in [1.165, 1.54) is 36.4 Å². The Labute approximate surface area is 171 Å². The van der Waals surface area contributed by atoms with Crippen LogP contribution in [0.1, 0.15) is 38.0 Å². The van der Waals surface area contributed by atoms with Crippen LogP contribution in [0.5, 0.6) is 0 Å². The molecule has 2 aromatic rings. The van der Waals surface area contributed by atoms with Gasteiger partial charge in [-0.15, -0.1) is 0 Å². The predicted octanol–water partition coefficient (Wildman–Crippen LogP) is 1.58. The summed E-state index contributed by atoms with van der Waals surface area (Å²) in [5.74, 6) is -3.96. The lowest BCUT2D eigenvalue weighted by Crippen LogP contribution is -2.44. The van der Waals surface area contributed by atoms with Crippen molar-refractivity contribution in [2.45, 2.75) is 6.92 Å². The summed E-state index contributed by atoms with van der Waals surface area (Å²) in [4.78, 5) is 62.8. The summed E-state index contributed by atoms with van der Waals surface area (Å²) in [6.07, 6.45) is 0. The summed E-state index contributed by atoms with van der Waals surface area (Å²) in [5, 5.41) is 9.23. The van der Waals surface area contributed by atoms with Gasteiger partial charge in [-0.2, -0.15) is 0 Å². The van der Waals surface area contributed by atoms with E-state index in [9.17, 15) is 29.1 Å². The Morgan fingerprint density at radius 3 is 2.20 bits per heavy atom. The Kier molecular flexibility index (Phi) is 5.91. The average Bonchev–Trinajstić information content (AvgIpc) is 2.97. The summed E-state index contributed by atoms with van der Waals surface area (Å²) in [6, 6.07) is 11.9. The van der Waals surface area contributed by atoms with E-state index < -0.39 is 42.7 Å². The fourth-order valence-corrected chi connectivity index (χ4v) is 3.08. The van der Waals surface area contributed by atoms with Gasteiger partial charge in [0.25, 0.3) is 11.8 Å². The molecule has 30 heavy (non-hydrogen) atoms. The van der Waals surface area contributed by atoms with Crippen LogP contribution >= 0.6 is 0 Å². The minimum absolute atomic E-state index is 0.129. The van der Waals surface area contributed by atoms with Crippen molar-refractivity contribution in [3.05, 3.63) is 65.2 Å². The van der Waals surface area contributed by atoms with Gasteiger partial charge in [-0.1, -0.05) is 18.2 Å². The monoisotopic (exact) mass is 410 g/mol. The van der Waals surface area contributed by atoms with Crippen LogP contribution < -0.4 is 4.90 Å². The molecule has 1 aliphatic heterocycles. The highest BCUT2D eigenvalue weighted by Gasteiger charge is 2.37. The number of carbonyl (C=O) groups excluding carboxylic acids is 4. The average molecular weight is 410 g/mol. The lowest BCUT2D eigenvalue weighted by molar-refractivity contribution is -0.136. The smallest absolute Gasteiger partial charge is 0.338 e. The Hall–Kier alpha value is -4.01. The van der Waals surface area contributed by atoms with Crippen molar-refractivity contribution >= 4 is 35.3 Å². The van der Waals surface area contributed by atoms with Crippen LogP contribution in [0.15, 0.2) is 48.5 Å². The number of benzene rings is 2. The van der Waals surface area contributed by atoms with Crippen molar-refractivity contribution in [2.24, 2.45) is 0 Å². The minimum atomic E-state index is -1.30. The number of hydrogen-bond acceptors (Lipinski definition) is 6. The summed E-state index contributed by atoms with van der Waals surface area (Å²) >= 11 is 0. The van der Waals surface area contributed by atoms with Gasteiger partial charge in [-0.3, -0.25) is 29.0 Å².